The summed E-state index contributed by atoms with van der Waals surface area (Å²) in [5, 5.41) is 7.96. The van der Waals surface area contributed by atoms with Crippen LogP contribution in [-0.2, 0) is 11.3 Å². The maximum Gasteiger partial charge on any atom is 0.241 e. The van der Waals surface area contributed by atoms with Crippen molar-refractivity contribution >= 4 is 34.8 Å². The Labute approximate surface area is 178 Å². The van der Waals surface area contributed by atoms with Crippen LogP contribution in [0.25, 0.3) is 11.4 Å². The monoisotopic (exact) mass is 430 g/mol. The highest BCUT2D eigenvalue weighted by molar-refractivity contribution is 6.35. The van der Waals surface area contributed by atoms with E-state index in [1.54, 1.807) is 18.2 Å². The highest BCUT2D eigenvalue weighted by atomic mass is 35.5. The molecule has 0 radical (unpaired) electrons. The third-order valence-corrected chi connectivity index (χ3v) is 5.30. The molecular formula is C21H20Cl2N4O2. The molecule has 2 heterocycles. The zero-order valence-electron chi connectivity index (χ0n) is 15.6. The lowest BCUT2D eigenvalue weighted by molar-refractivity contribution is -0.121. The van der Waals surface area contributed by atoms with Crippen molar-refractivity contribution in [1.29, 1.82) is 0 Å². The van der Waals surface area contributed by atoms with Gasteiger partial charge in [0.05, 0.1) is 12.5 Å². The number of amides is 1. The molecule has 0 saturated carbocycles. The summed E-state index contributed by atoms with van der Waals surface area (Å²) in [5.41, 5.74) is 1.52. The molecule has 8 heteroatoms. The van der Waals surface area contributed by atoms with Crippen molar-refractivity contribution in [3.63, 3.8) is 0 Å². The van der Waals surface area contributed by atoms with Crippen LogP contribution >= 0.6 is 23.2 Å². The molecule has 1 N–H and O–H groups in total. The molecule has 29 heavy (non-hydrogen) atoms. The number of nitrogens with one attached hydrogen (secondary N) is 1. The number of carbonyl (C=O) groups is 1. The molecule has 1 unspecified atom stereocenters. The molecule has 2 aromatic carbocycles. The standard InChI is InChI=1S/C21H20Cl2N4O2/c22-16-9-17(23)11-18(10-16)24-21(28)15-7-4-8-27(12-15)13-19-25-20(26-29-19)14-5-2-1-3-6-14/h1-3,5-6,9-11,15H,4,7-8,12-13H2,(H,24,28). The molecule has 1 atom stereocenters. The van der Waals surface area contributed by atoms with Gasteiger partial charge in [0.15, 0.2) is 0 Å². The number of aromatic nitrogens is 2. The molecule has 1 fully saturated rings. The maximum atomic E-state index is 12.7. The topological polar surface area (TPSA) is 71.3 Å². The molecule has 1 saturated heterocycles. The van der Waals surface area contributed by atoms with Gasteiger partial charge in [0.1, 0.15) is 0 Å². The zero-order chi connectivity index (χ0) is 20.2. The summed E-state index contributed by atoms with van der Waals surface area (Å²) in [5.74, 6) is 0.956. The minimum atomic E-state index is -0.127. The fourth-order valence-electron chi connectivity index (χ4n) is 3.50. The molecule has 1 aliphatic rings. The van der Waals surface area contributed by atoms with Gasteiger partial charge in [0, 0.05) is 27.8 Å². The second kappa shape index (κ2) is 8.95. The minimum absolute atomic E-state index is 0.0384. The molecule has 1 aliphatic heterocycles. The Bertz CT molecular complexity index is 973. The van der Waals surface area contributed by atoms with Crippen LogP contribution in [0.4, 0.5) is 5.69 Å². The van der Waals surface area contributed by atoms with Gasteiger partial charge >= 0.3 is 0 Å². The van der Waals surface area contributed by atoms with Crippen molar-refractivity contribution in [1.82, 2.24) is 15.0 Å². The number of benzene rings is 2. The second-order valence-electron chi connectivity index (χ2n) is 7.10. The first kappa shape index (κ1) is 19.9. The molecule has 0 aliphatic carbocycles. The van der Waals surface area contributed by atoms with E-state index in [0.29, 0.717) is 40.5 Å². The van der Waals surface area contributed by atoms with Crippen molar-refractivity contribution in [3.05, 3.63) is 64.5 Å². The molecule has 150 valence electrons. The van der Waals surface area contributed by atoms with E-state index in [-0.39, 0.29) is 11.8 Å². The van der Waals surface area contributed by atoms with Crippen molar-refractivity contribution in [2.45, 2.75) is 19.4 Å². The van der Waals surface area contributed by atoms with Gasteiger partial charge in [-0.1, -0.05) is 58.7 Å². The Morgan fingerprint density at radius 1 is 1.17 bits per heavy atom. The number of hydrogen-bond acceptors (Lipinski definition) is 5. The van der Waals surface area contributed by atoms with Crippen LogP contribution in [0, 0.1) is 5.92 Å². The van der Waals surface area contributed by atoms with Gasteiger partial charge in [-0.05, 0) is 37.6 Å². The van der Waals surface area contributed by atoms with E-state index in [1.165, 1.54) is 0 Å². The summed E-state index contributed by atoms with van der Waals surface area (Å²) in [6.45, 7) is 2.03. The normalized spacial score (nSPS) is 17.2. The molecule has 1 aromatic heterocycles. The number of nitrogens with zero attached hydrogens (tertiary/aromatic N) is 3. The molecule has 6 nitrogen and oxygen atoms in total. The Balaban J connectivity index is 1.37. The average Bonchev–Trinajstić information content (AvgIpc) is 3.16. The SMILES string of the molecule is O=C(Nc1cc(Cl)cc(Cl)c1)C1CCCN(Cc2nc(-c3ccccc3)no2)C1. The summed E-state index contributed by atoms with van der Waals surface area (Å²) in [7, 11) is 0. The van der Waals surface area contributed by atoms with Crippen molar-refractivity contribution in [3.8, 4) is 11.4 Å². The van der Waals surface area contributed by atoms with Crippen molar-refractivity contribution in [2.75, 3.05) is 18.4 Å². The average molecular weight is 431 g/mol. The summed E-state index contributed by atoms with van der Waals surface area (Å²) in [6, 6.07) is 14.7. The first-order valence-electron chi connectivity index (χ1n) is 9.44. The molecule has 3 aromatic rings. The van der Waals surface area contributed by atoms with Crippen LogP contribution in [0.2, 0.25) is 10.0 Å². The molecule has 4 rings (SSSR count). The fraction of sp³-hybridized carbons (Fsp3) is 0.286. The van der Waals surface area contributed by atoms with E-state index in [9.17, 15) is 4.79 Å². The fourth-order valence-corrected chi connectivity index (χ4v) is 4.02. The molecular weight excluding hydrogens is 411 g/mol. The third-order valence-electron chi connectivity index (χ3n) is 4.87. The first-order chi connectivity index (χ1) is 14.1. The highest BCUT2D eigenvalue weighted by Crippen LogP contribution is 2.25. The van der Waals surface area contributed by atoms with Crippen molar-refractivity contribution < 1.29 is 9.32 Å². The number of carbonyl (C=O) groups excluding carboxylic acids is 1. The summed E-state index contributed by atoms with van der Waals surface area (Å²) in [4.78, 5) is 19.4. The van der Waals surface area contributed by atoms with Gasteiger partial charge in [-0.25, -0.2) is 0 Å². The number of rotatable bonds is 5. The lowest BCUT2D eigenvalue weighted by Gasteiger charge is -2.30. The van der Waals surface area contributed by atoms with Crippen LogP contribution in [0.1, 0.15) is 18.7 Å². The van der Waals surface area contributed by atoms with Crippen LogP contribution in [0.15, 0.2) is 53.1 Å². The quantitative estimate of drug-likeness (QED) is 0.623. The predicted molar refractivity (Wildman–Crippen MR) is 113 cm³/mol. The van der Waals surface area contributed by atoms with Crippen LogP contribution < -0.4 is 5.32 Å². The van der Waals surface area contributed by atoms with Crippen LogP contribution in [0.5, 0.6) is 0 Å². The number of likely N-dealkylation sites (tertiary alicyclic amines) is 1. The van der Waals surface area contributed by atoms with Crippen LogP contribution in [-0.4, -0.2) is 34.0 Å². The van der Waals surface area contributed by atoms with Crippen molar-refractivity contribution in [2.24, 2.45) is 5.92 Å². The van der Waals surface area contributed by atoms with E-state index in [1.807, 2.05) is 30.3 Å². The Morgan fingerprint density at radius 3 is 2.69 bits per heavy atom. The lowest BCUT2D eigenvalue weighted by atomic mass is 9.97. The van der Waals surface area contributed by atoms with E-state index in [4.69, 9.17) is 27.7 Å². The first-order valence-corrected chi connectivity index (χ1v) is 10.2. The second-order valence-corrected chi connectivity index (χ2v) is 7.97. The third kappa shape index (κ3) is 5.15. The van der Waals surface area contributed by atoms with Crippen LogP contribution in [0.3, 0.4) is 0 Å². The predicted octanol–water partition coefficient (Wildman–Crippen LogP) is 4.89. The summed E-state index contributed by atoms with van der Waals surface area (Å²) >= 11 is 12.0. The van der Waals surface area contributed by atoms with Gasteiger partial charge in [0.2, 0.25) is 17.6 Å². The highest BCUT2D eigenvalue weighted by Gasteiger charge is 2.27. The number of piperidine rings is 1. The lowest BCUT2D eigenvalue weighted by Crippen LogP contribution is -2.40. The van der Waals surface area contributed by atoms with Gasteiger partial charge in [-0.3, -0.25) is 9.69 Å². The van der Waals surface area contributed by atoms with E-state index in [0.717, 1.165) is 24.9 Å². The summed E-state index contributed by atoms with van der Waals surface area (Å²) in [6.07, 6.45) is 1.75. The van der Waals surface area contributed by atoms with Gasteiger partial charge in [-0.2, -0.15) is 4.98 Å². The number of hydrogen-bond donors (Lipinski definition) is 1. The van der Waals surface area contributed by atoms with E-state index < -0.39 is 0 Å². The van der Waals surface area contributed by atoms with E-state index >= 15 is 0 Å². The molecule has 0 spiro atoms. The van der Waals surface area contributed by atoms with Gasteiger partial charge in [-0.15, -0.1) is 0 Å². The van der Waals surface area contributed by atoms with Gasteiger partial charge in [0.25, 0.3) is 0 Å². The Hall–Kier alpha value is -2.41. The Kier molecular flexibility index (Phi) is 6.13. The smallest absolute Gasteiger partial charge is 0.241 e. The maximum absolute atomic E-state index is 12.7. The number of anilines is 1. The minimum Gasteiger partial charge on any atom is -0.338 e. The summed E-state index contributed by atoms with van der Waals surface area (Å²) < 4.78 is 5.41. The molecule has 1 amide bonds. The van der Waals surface area contributed by atoms with Gasteiger partial charge < -0.3 is 9.84 Å². The largest absolute Gasteiger partial charge is 0.338 e. The van der Waals surface area contributed by atoms with E-state index in [2.05, 4.69) is 20.4 Å². The Morgan fingerprint density at radius 2 is 1.93 bits per heavy atom. The zero-order valence-corrected chi connectivity index (χ0v) is 17.2. The molecule has 0 bridgehead atoms. The number of halogens is 2.